The molecule has 0 aromatic heterocycles. The van der Waals surface area contributed by atoms with E-state index in [4.69, 9.17) is 0 Å². The van der Waals surface area contributed by atoms with E-state index in [1.165, 1.54) is 17.7 Å². The number of benzene rings is 2. The molecule has 1 atom stereocenters. The van der Waals surface area contributed by atoms with Gasteiger partial charge in [-0.15, -0.1) is 0 Å². The van der Waals surface area contributed by atoms with Gasteiger partial charge in [0.15, 0.2) is 0 Å². The maximum Gasteiger partial charge on any atom is 0.263 e. The van der Waals surface area contributed by atoms with Crippen LogP contribution in [0.25, 0.3) is 0 Å². The van der Waals surface area contributed by atoms with E-state index in [0.717, 1.165) is 17.7 Å². The minimum Gasteiger partial charge on any atom is -0.352 e. The topological polar surface area (TPSA) is 27.0 Å². The van der Waals surface area contributed by atoms with Crippen molar-refractivity contribution in [1.29, 1.82) is 5.26 Å². The number of nitrogens with zero attached hydrogens (tertiary/aromatic N) is 2. The molecule has 0 amide bonds. The number of anilines is 1. The molecule has 1 unspecified atom stereocenters. The van der Waals surface area contributed by atoms with Crippen molar-refractivity contribution < 1.29 is 8.78 Å². The van der Waals surface area contributed by atoms with Gasteiger partial charge >= 0.3 is 0 Å². The average molecular weight is 284 g/mol. The van der Waals surface area contributed by atoms with Crippen LogP contribution in [-0.2, 0) is 6.42 Å². The highest BCUT2D eigenvalue weighted by atomic mass is 19.3. The molecular formula is C17H14F2N2. The molecule has 3 rings (SSSR count). The summed E-state index contributed by atoms with van der Waals surface area (Å²) in [6.07, 6.45) is -1.61. The molecule has 4 heteroatoms. The fourth-order valence-electron chi connectivity index (χ4n) is 2.80. The first-order valence-electron chi connectivity index (χ1n) is 6.83. The number of nitriles is 1. The summed E-state index contributed by atoms with van der Waals surface area (Å²) in [6.45, 7) is 0.712. The van der Waals surface area contributed by atoms with Gasteiger partial charge in [-0.2, -0.15) is 5.26 Å². The second-order valence-electron chi connectivity index (χ2n) is 5.07. The smallest absolute Gasteiger partial charge is 0.263 e. The van der Waals surface area contributed by atoms with E-state index in [9.17, 15) is 14.0 Å². The van der Waals surface area contributed by atoms with Gasteiger partial charge in [-0.3, -0.25) is 0 Å². The maximum absolute atomic E-state index is 12.6. The second-order valence-corrected chi connectivity index (χ2v) is 5.07. The molecule has 1 heterocycles. The number of alkyl halides is 2. The summed E-state index contributed by atoms with van der Waals surface area (Å²) in [7, 11) is 0. The highest BCUT2D eigenvalue weighted by Gasteiger charge is 2.27. The summed E-state index contributed by atoms with van der Waals surface area (Å²) in [4.78, 5) is 1.97. The van der Waals surface area contributed by atoms with Gasteiger partial charge in [0.1, 0.15) is 6.04 Å². The van der Waals surface area contributed by atoms with Gasteiger partial charge in [0.25, 0.3) is 6.43 Å². The van der Waals surface area contributed by atoms with Crippen LogP contribution in [0.15, 0.2) is 48.5 Å². The summed E-state index contributed by atoms with van der Waals surface area (Å²) in [5.41, 5.74) is 3.00. The molecule has 2 aromatic carbocycles. The van der Waals surface area contributed by atoms with E-state index in [-0.39, 0.29) is 11.6 Å². The summed E-state index contributed by atoms with van der Waals surface area (Å²) in [5.74, 6) is 0. The first-order valence-corrected chi connectivity index (χ1v) is 6.83. The third kappa shape index (κ3) is 2.47. The number of rotatable bonds is 2. The number of halogens is 2. The Hall–Kier alpha value is -2.41. The Kier molecular flexibility index (Phi) is 3.57. The van der Waals surface area contributed by atoms with Crippen molar-refractivity contribution in [3.63, 3.8) is 0 Å². The summed E-state index contributed by atoms with van der Waals surface area (Å²) in [6, 6.07) is 16.0. The normalized spacial score (nSPS) is 17.4. The lowest BCUT2D eigenvalue weighted by atomic mass is 9.93. The van der Waals surface area contributed by atoms with Crippen LogP contribution in [0.1, 0.15) is 29.2 Å². The van der Waals surface area contributed by atoms with Gasteiger partial charge in [0, 0.05) is 17.8 Å². The fourth-order valence-corrected chi connectivity index (χ4v) is 2.80. The molecule has 0 fully saturated rings. The van der Waals surface area contributed by atoms with Gasteiger partial charge < -0.3 is 4.90 Å². The fraction of sp³-hybridized carbons (Fsp3) is 0.235. The van der Waals surface area contributed by atoms with Crippen LogP contribution >= 0.6 is 0 Å². The van der Waals surface area contributed by atoms with E-state index >= 15 is 0 Å². The lowest BCUT2D eigenvalue weighted by molar-refractivity contribution is 0.151. The maximum atomic E-state index is 12.6. The standard InChI is InChI=1S/C17H14F2N2/c18-17(19)13-5-7-14(8-6-13)21-10-9-12-3-1-2-4-15(12)16(21)11-20/h1-8,16-17H,9-10H2. The summed E-state index contributed by atoms with van der Waals surface area (Å²) in [5, 5.41) is 9.50. The van der Waals surface area contributed by atoms with E-state index in [2.05, 4.69) is 6.07 Å². The predicted molar refractivity (Wildman–Crippen MR) is 77.2 cm³/mol. The number of hydrogen-bond acceptors (Lipinski definition) is 2. The summed E-state index contributed by atoms with van der Waals surface area (Å²) >= 11 is 0. The zero-order valence-electron chi connectivity index (χ0n) is 11.3. The van der Waals surface area contributed by atoms with E-state index in [1.54, 1.807) is 12.1 Å². The molecule has 2 nitrogen and oxygen atoms in total. The van der Waals surface area contributed by atoms with Gasteiger partial charge in [0.2, 0.25) is 0 Å². The highest BCUT2D eigenvalue weighted by molar-refractivity contribution is 5.55. The largest absolute Gasteiger partial charge is 0.352 e. The molecule has 0 saturated carbocycles. The number of hydrogen-bond donors (Lipinski definition) is 0. The van der Waals surface area contributed by atoms with Crippen LogP contribution in [0.5, 0.6) is 0 Å². The molecule has 106 valence electrons. The lowest BCUT2D eigenvalue weighted by Crippen LogP contribution is -2.34. The zero-order valence-corrected chi connectivity index (χ0v) is 11.3. The van der Waals surface area contributed by atoms with Gasteiger partial charge in [-0.1, -0.05) is 36.4 Å². The molecule has 0 bridgehead atoms. The minimum absolute atomic E-state index is 0.00432. The van der Waals surface area contributed by atoms with Crippen LogP contribution in [0, 0.1) is 11.3 Å². The van der Waals surface area contributed by atoms with Crippen LogP contribution in [0.4, 0.5) is 14.5 Å². The monoisotopic (exact) mass is 284 g/mol. The Morgan fingerprint density at radius 1 is 1.10 bits per heavy atom. The van der Waals surface area contributed by atoms with Crippen LogP contribution < -0.4 is 4.90 Å². The van der Waals surface area contributed by atoms with Crippen molar-refractivity contribution in [2.45, 2.75) is 18.9 Å². The summed E-state index contributed by atoms with van der Waals surface area (Å²) < 4.78 is 25.2. The van der Waals surface area contributed by atoms with Crippen molar-refractivity contribution in [2.75, 3.05) is 11.4 Å². The molecule has 1 aliphatic rings. The van der Waals surface area contributed by atoms with Crippen LogP contribution in [0.3, 0.4) is 0 Å². The van der Waals surface area contributed by atoms with E-state index in [1.807, 2.05) is 29.2 Å². The molecular weight excluding hydrogens is 270 g/mol. The second kappa shape index (κ2) is 5.53. The number of fused-ring (bicyclic) bond motifs is 1. The average Bonchev–Trinajstić information content (AvgIpc) is 2.53. The first-order chi connectivity index (χ1) is 10.2. The molecule has 0 radical (unpaired) electrons. The van der Waals surface area contributed by atoms with Crippen molar-refractivity contribution in [3.05, 3.63) is 65.2 Å². The van der Waals surface area contributed by atoms with Gasteiger partial charge in [-0.05, 0) is 29.7 Å². The van der Waals surface area contributed by atoms with E-state index in [0.29, 0.717) is 6.54 Å². The molecule has 0 N–H and O–H groups in total. The van der Waals surface area contributed by atoms with E-state index < -0.39 is 6.43 Å². The zero-order chi connectivity index (χ0) is 14.8. The Morgan fingerprint density at radius 2 is 1.81 bits per heavy atom. The highest BCUT2D eigenvalue weighted by Crippen LogP contribution is 2.34. The van der Waals surface area contributed by atoms with Crippen molar-refractivity contribution in [1.82, 2.24) is 0 Å². The Balaban J connectivity index is 1.94. The van der Waals surface area contributed by atoms with Crippen molar-refractivity contribution in [2.24, 2.45) is 0 Å². The third-order valence-corrected chi connectivity index (χ3v) is 3.88. The van der Waals surface area contributed by atoms with Gasteiger partial charge in [-0.25, -0.2) is 8.78 Å². The van der Waals surface area contributed by atoms with Gasteiger partial charge in [0.05, 0.1) is 6.07 Å². The molecule has 0 saturated heterocycles. The predicted octanol–water partition coefficient (Wildman–Crippen LogP) is 4.25. The minimum atomic E-state index is -2.46. The molecule has 0 aliphatic carbocycles. The molecule has 0 spiro atoms. The van der Waals surface area contributed by atoms with Crippen LogP contribution in [-0.4, -0.2) is 6.54 Å². The Morgan fingerprint density at radius 3 is 2.48 bits per heavy atom. The SMILES string of the molecule is N#CC1c2ccccc2CCN1c1ccc(C(F)F)cc1. The molecule has 21 heavy (non-hydrogen) atoms. The van der Waals surface area contributed by atoms with Crippen molar-refractivity contribution >= 4 is 5.69 Å². The molecule has 1 aliphatic heterocycles. The Bertz CT molecular complexity index is 674. The van der Waals surface area contributed by atoms with Crippen molar-refractivity contribution in [3.8, 4) is 6.07 Å². The molecule has 2 aromatic rings. The quantitative estimate of drug-likeness (QED) is 0.824. The Labute approximate surface area is 122 Å². The first kappa shape index (κ1) is 13.6. The lowest BCUT2D eigenvalue weighted by Gasteiger charge is -2.35. The third-order valence-electron chi connectivity index (χ3n) is 3.88. The van der Waals surface area contributed by atoms with Crippen LogP contribution in [0.2, 0.25) is 0 Å².